The van der Waals surface area contributed by atoms with Crippen LogP contribution in [0.25, 0.3) is 60.9 Å². The zero-order valence-electron chi connectivity index (χ0n) is 30.2. The molecule has 0 fully saturated rings. The van der Waals surface area contributed by atoms with Crippen molar-refractivity contribution < 1.29 is 0 Å². The van der Waals surface area contributed by atoms with Crippen molar-refractivity contribution >= 4 is 38.9 Å². The monoisotopic (exact) mass is 682 g/mol. The molecule has 1 heterocycles. The fourth-order valence-electron chi connectivity index (χ4n) is 7.12. The molecular weight excluding hydrogens is 641 g/mol. The molecule has 0 saturated carbocycles. The Kier molecular flexibility index (Phi) is 9.68. The Morgan fingerprint density at radius 3 is 1.19 bits per heavy atom. The van der Waals surface area contributed by atoms with Crippen molar-refractivity contribution in [2.45, 2.75) is 20.3 Å². The SMILES string of the molecule is CCC.c1ccc(-c2ccc(N(c3ccc(-c4ccccc4)cc3)c3ccc(-c4ccc5c(c4)c4ccccc4n5-c4ccccc4)cc3)cc2)cc1. The summed E-state index contributed by atoms with van der Waals surface area (Å²) >= 11 is 0. The predicted octanol–water partition coefficient (Wildman–Crippen LogP) is 14.7. The van der Waals surface area contributed by atoms with E-state index in [4.69, 9.17) is 0 Å². The molecule has 0 unspecified atom stereocenters. The van der Waals surface area contributed by atoms with Crippen molar-refractivity contribution in [3.05, 3.63) is 206 Å². The predicted molar refractivity (Wildman–Crippen MR) is 228 cm³/mol. The fourth-order valence-corrected chi connectivity index (χ4v) is 7.12. The summed E-state index contributed by atoms with van der Waals surface area (Å²) in [4.78, 5) is 2.34. The first kappa shape index (κ1) is 33.5. The zero-order chi connectivity index (χ0) is 36.0. The fraction of sp³-hybridized carbons (Fsp3) is 0.0588. The van der Waals surface area contributed by atoms with Gasteiger partial charge < -0.3 is 9.47 Å². The summed E-state index contributed by atoms with van der Waals surface area (Å²) in [6.07, 6.45) is 1.25. The maximum absolute atomic E-state index is 2.36. The van der Waals surface area contributed by atoms with Gasteiger partial charge in [-0.15, -0.1) is 0 Å². The van der Waals surface area contributed by atoms with Crippen LogP contribution in [-0.2, 0) is 0 Å². The minimum Gasteiger partial charge on any atom is -0.311 e. The van der Waals surface area contributed by atoms with E-state index >= 15 is 0 Å². The van der Waals surface area contributed by atoms with Gasteiger partial charge in [0.15, 0.2) is 0 Å². The maximum atomic E-state index is 2.36. The lowest BCUT2D eigenvalue weighted by atomic mass is 10.0. The van der Waals surface area contributed by atoms with Crippen molar-refractivity contribution in [2.75, 3.05) is 4.90 Å². The Hall–Kier alpha value is -6.64. The molecule has 0 radical (unpaired) electrons. The molecule has 53 heavy (non-hydrogen) atoms. The molecule has 2 heteroatoms. The number of para-hydroxylation sites is 2. The van der Waals surface area contributed by atoms with Gasteiger partial charge in [0.1, 0.15) is 0 Å². The van der Waals surface area contributed by atoms with Crippen LogP contribution in [0.5, 0.6) is 0 Å². The van der Waals surface area contributed by atoms with E-state index in [0.29, 0.717) is 0 Å². The van der Waals surface area contributed by atoms with E-state index in [1.807, 2.05) is 0 Å². The lowest BCUT2D eigenvalue weighted by Gasteiger charge is -2.26. The molecule has 256 valence electrons. The van der Waals surface area contributed by atoms with Gasteiger partial charge in [0, 0.05) is 33.5 Å². The van der Waals surface area contributed by atoms with Crippen LogP contribution in [0.15, 0.2) is 206 Å². The van der Waals surface area contributed by atoms with E-state index in [1.165, 1.54) is 67.3 Å². The Bertz CT molecular complexity index is 2470. The minimum atomic E-state index is 1.11. The molecule has 0 N–H and O–H groups in total. The highest BCUT2D eigenvalue weighted by atomic mass is 15.1. The van der Waals surface area contributed by atoms with Gasteiger partial charge >= 0.3 is 0 Å². The van der Waals surface area contributed by atoms with Gasteiger partial charge in [0.05, 0.1) is 11.0 Å². The molecule has 2 nitrogen and oxygen atoms in total. The molecule has 8 aromatic carbocycles. The smallest absolute Gasteiger partial charge is 0.0541 e. The molecule has 0 aliphatic rings. The van der Waals surface area contributed by atoms with Crippen molar-refractivity contribution in [3.63, 3.8) is 0 Å². The number of rotatable bonds is 7. The number of anilines is 3. The first-order chi connectivity index (χ1) is 26.2. The summed E-state index contributed by atoms with van der Waals surface area (Å²) in [5.41, 5.74) is 14.1. The van der Waals surface area contributed by atoms with E-state index in [-0.39, 0.29) is 0 Å². The van der Waals surface area contributed by atoms with Gasteiger partial charge in [-0.25, -0.2) is 0 Å². The van der Waals surface area contributed by atoms with Crippen molar-refractivity contribution in [3.8, 4) is 39.1 Å². The highest BCUT2D eigenvalue weighted by molar-refractivity contribution is 6.10. The van der Waals surface area contributed by atoms with Crippen LogP contribution in [0.1, 0.15) is 20.3 Å². The van der Waals surface area contributed by atoms with Gasteiger partial charge in [-0.1, -0.05) is 160 Å². The lowest BCUT2D eigenvalue weighted by Crippen LogP contribution is -2.09. The molecule has 0 atom stereocenters. The van der Waals surface area contributed by atoms with Gasteiger partial charge in [-0.05, 0) is 100 Å². The van der Waals surface area contributed by atoms with E-state index in [1.54, 1.807) is 0 Å². The summed E-state index contributed by atoms with van der Waals surface area (Å²) < 4.78 is 2.36. The first-order valence-electron chi connectivity index (χ1n) is 18.5. The van der Waals surface area contributed by atoms with Crippen LogP contribution in [0, 0.1) is 0 Å². The van der Waals surface area contributed by atoms with E-state index in [0.717, 1.165) is 17.1 Å². The Morgan fingerprint density at radius 2 is 0.698 bits per heavy atom. The first-order valence-corrected chi connectivity index (χ1v) is 18.5. The third-order valence-electron chi connectivity index (χ3n) is 9.61. The number of benzene rings is 8. The Morgan fingerprint density at radius 1 is 0.340 bits per heavy atom. The average molecular weight is 683 g/mol. The molecule has 0 aliphatic heterocycles. The molecule has 0 spiro atoms. The molecule has 9 rings (SSSR count). The van der Waals surface area contributed by atoms with Gasteiger partial charge in [-0.2, -0.15) is 0 Å². The van der Waals surface area contributed by atoms with Gasteiger partial charge in [-0.3, -0.25) is 0 Å². The van der Waals surface area contributed by atoms with E-state index in [2.05, 4.69) is 230 Å². The zero-order valence-corrected chi connectivity index (χ0v) is 30.2. The second kappa shape index (κ2) is 15.3. The third kappa shape index (κ3) is 6.88. The van der Waals surface area contributed by atoms with Crippen LogP contribution in [0.4, 0.5) is 17.1 Å². The summed E-state index contributed by atoms with van der Waals surface area (Å²) in [7, 11) is 0. The molecule has 9 aromatic rings. The normalized spacial score (nSPS) is 10.9. The lowest BCUT2D eigenvalue weighted by molar-refractivity contribution is 1.09. The standard InChI is InChI=1S/C48H34N2.C3H8/c1-4-12-35(13-5-1)37-20-27-42(28-21-37)49(43-29-22-38(23-30-43)36-14-6-2-7-15-36)44-31-24-39(25-32-44)40-26-33-48-46(34-40)45-18-10-11-19-47(45)50(48)41-16-8-3-9-17-41;1-3-2/h1-34H;3H2,1-2H3. The van der Waals surface area contributed by atoms with E-state index in [9.17, 15) is 0 Å². The molecular formula is C51H42N2. The number of nitrogens with zero attached hydrogens (tertiary/aromatic N) is 2. The summed E-state index contributed by atoms with van der Waals surface area (Å²) in [5, 5.41) is 2.51. The van der Waals surface area contributed by atoms with Crippen molar-refractivity contribution in [1.29, 1.82) is 0 Å². The molecule has 0 bridgehead atoms. The Balaban J connectivity index is 0.00000129. The van der Waals surface area contributed by atoms with Gasteiger partial charge in [0.2, 0.25) is 0 Å². The second-order valence-electron chi connectivity index (χ2n) is 13.3. The Labute approximate surface area is 312 Å². The number of hydrogen-bond acceptors (Lipinski definition) is 1. The minimum absolute atomic E-state index is 1.11. The summed E-state index contributed by atoms with van der Waals surface area (Å²) in [5.74, 6) is 0. The van der Waals surface area contributed by atoms with Crippen LogP contribution in [0.2, 0.25) is 0 Å². The summed E-state index contributed by atoms with van der Waals surface area (Å²) in [6, 6.07) is 74.0. The van der Waals surface area contributed by atoms with Crippen LogP contribution < -0.4 is 4.90 Å². The quantitative estimate of drug-likeness (QED) is 0.162. The topological polar surface area (TPSA) is 8.17 Å². The molecule has 0 amide bonds. The molecule has 0 aliphatic carbocycles. The number of hydrogen-bond donors (Lipinski definition) is 0. The third-order valence-corrected chi connectivity index (χ3v) is 9.61. The average Bonchev–Trinajstić information content (AvgIpc) is 3.57. The van der Waals surface area contributed by atoms with Crippen LogP contribution in [0.3, 0.4) is 0 Å². The summed E-state index contributed by atoms with van der Waals surface area (Å²) in [6.45, 7) is 4.25. The van der Waals surface area contributed by atoms with Crippen molar-refractivity contribution in [1.82, 2.24) is 4.57 Å². The molecule has 1 aromatic heterocycles. The van der Waals surface area contributed by atoms with Gasteiger partial charge in [0.25, 0.3) is 0 Å². The number of aromatic nitrogens is 1. The highest BCUT2D eigenvalue weighted by Gasteiger charge is 2.16. The van der Waals surface area contributed by atoms with E-state index < -0.39 is 0 Å². The largest absolute Gasteiger partial charge is 0.311 e. The molecule has 0 saturated heterocycles. The van der Waals surface area contributed by atoms with Crippen LogP contribution >= 0.6 is 0 Å². The maximum Gasteiger partial charge on any atom is 0.0541 e. The second-order valence-corrected chi connectivity index (χ2v) is 13.3. The van der Waals surface area contributed by atoms with Crippen molar-refractivity contribution in [2.24, 2.45) is 0 Å². The van der Waals surface area contributed by atoms with Crippen LogP contribution in [-0.4, -0.2) is 4.57 Å². The number of fused-ring (bicyclic) bond motifs is 3. The highest BCUT2D eigenvalue weighted by Crippen LogP contribution is 2.39.